The molecule has 0 saturated carbocycles. The van der Waals surface area contributed by atoms with E-state index in [1.807, 2.05) is 6.07 Å². The lowest BCUT2D eigenvalue weighted by Crippen LogP contribution is -2.13. The van der Waals surface area contributed by atoms with Crippen molar-refractivity contribution in [1.82, 2.24) is 0 Å². The molecule has 0 aliphatic heterocycles. The van der Waals surface area contributed by atoms with Crippen LogP contribution < -0.4 is 11.1 Å². The number of nitrogens with one attached hydrogen (secondary N) is 1. The number of hydrogen-bond acceptors (Lipinski definition) is 4. The Balaban J connectivity index is 1.94. The SMILES string of the molecule is C/C(=N\Nc1ccc(F)c(Cl)c1)c1cc2cc(Br)ccc2oc1=O. The van der Waals surface area contributed by atoms with Crippen molar-refractivity contribution < 1.29 is 8.81 Å². The topological polar surface area (TPSA) is 54.6 Å². The van der Waals surface area contributed by atoms with Crippen LogP contribution >= 0.6 is 27.5 Å². The molecule has 24 heavy (non-hydrogen) atoms. The quantitative estimate of drug-likeness (QED) is 0.368. The highest BCUT2D eigenvalue weighted by Crippen LogP contribution is 2.21. The number of hydrazone groups is 1. The predicted molar refractivity (Wildman–Crippen MR) is 97.4 cm³/mol. The molecule has 4 nitrogen and oxygen atoms in total. The average molecular weight is 410 g/mol. The number of halogens is 3. The summed E-state index contributed by atoms with van der Waals surface area (Å²) in [5.74, 6) is -0.510. The molecule has 0 saturated heterocycles. The summed E-state index contributed by atoms with van der Waals surface area (Å²) >= 11 is 9.10. The summed E-state index contributed by atoms with van der Waals surface area (Å²) in [5, 5.41) is 4.90. The van der Waals surface area contributed by atoms with Gasteiger partial charge in [0.05, 0.1) is 22.0 Å². The first-order chi connectivity index (χ1) is 11.4. The summed E-state index contributed by atoms with van der Waals surface area (Å²) in [7, 11) is 0. The molecule has 3 rings (SSSR count). The zero-order valence-electron chi connectivity index (χ0n) is 12.4. The van der Waals surface area contributed by atoms with Crippen LogP contribution in [0.2, 0.25) is 5.02 Å². The fraction of sp³-hybridized carbons (Fsp3) is 0.0588. The van der Waals surface area contributed by atoms with Gasteiger partial charge in [0.15, 0.2) is 0 Å². The van der Waals surface area contributed by atoms with Gasteiger partial charge in [-0.15, -0.1) is 0 Å². The van der Waals surface area contributed by atoms with Gasteiger partial charge in [-0.2, -0.15) is 5.10 Å². The van der Waals surface area contributed by atoms with Crippen LogP contribution in [0.1, 0.15) is 12.5 Å². The third-order valence-electron chi connectivity index (χ3n) is 3.36. The van der Waals surface area contributed by atoms with Crippen molar-refractivity contribution in [3.8, 4) is 0 Å². The molecule has 0 amide bonds. The number of rotatable bonds is 3. The van der Waals surface area contributed by atoms with Gasteiger partial charge in [-0.1, -0.05) is 27.5 Å². The Hall–Kier alpha value is -2.18. The first-order valence-corrected chi connectivity index (χ1v) is 8.10. The van der Waals surface area contributed by atoms with E-state index >= 15 is 0 Å². The number of benzene rings is 2. The lowest BCUT2D eigenvalue weighted by molar-refractivity contribution is 0.559. The minimum atomic E-state index is -0.510. The Kier molecular flexibility index (Phi) is 4.69. The fourth-order valence-electron chi connectivity index (χ4n) is 2.12. The van der Waals surface area contributed by atoms with Gasteiger partial charge >= 0.3 is 5.63 Å². The summed E-state index contributed by atoms with van der Waals surface area (Å²) in [6.45, 7) is 1.67. The number of nitrogens with zero attached hydrogens (tertiary/aromatic N) is 1. The van der Waals surface area contributed by atoms with Gasteiger partial charge < -0.3 is 4.42 Å². The van der Waals surface area contributed by atoms with Gasteiger partial charge in [-0.05, 0) is 49.4 Å². The highest BCUT2D eigenvalue weighted by atomic mass is 79.9. The molecule has 0 spiro atoms. The normalized spacial score (nSPS) is 11.8. The molecular weight excluding hydrogens is 399 g/mol. The Morgan fingerprint density at radius 1 is 1.25 bits per heavy atom. The predicted octanol–water partition coefficient (Wildman–Crippen LogP) is 5.18. The molecule has 3 aromatic rings. The van der Waals surface area contributed by atoms with Crippen molar-refractivity contribution in [2.75, 3.05) is 5.43 Å². The summed E-state index contributed by atoms with van der Waals surface area (Å²) in [6, 6.07) is 11.2. The van der Waals surface area contributed by atoms with Crippen molar-refractivity contribution in [2.24, 2.45) is 5.10 Å². The summed E-state index contributed by atoms with van der Waals surface area (Å²) in [4.78, 5) is 12.1. The van der Waals surface area contributed by atoms with Crippen molar-refractivity contribution in [2.45, 2.75) is 6.92 Å². The van der Waals surface area contributed by atoms with Crippen LogP contribution in [0, 0.1) is 5.82 Å². The average Bonchev–Trinajstić information content (AvgIpc) is 2.55. The van der Waals surface area contributed by atoms with E-state index in [1.54, 1.807) is 25.1 Å². The zero-order chi connectivity index (χ0) is 17.3. The van der Waals surface area contributed by atoms with Gasteiger partial charge in [0, 0.05) is 9.86 Å². The van der Waals surface area contributed by atoms with Gasteiger partial charge in [-0.3, -0.25) is 5.43 Å². The molecule has 0 aliphatic rings. The monoisotopic (exact) mass is 408 g/mol. The van der Waals surface area contributed by atoms with Gasteiger partial charge in [0.25, 0.3) is 0 Å². The highest BCUT2D eigenvalue weighted by molar-refractivity contribution is 9.10. The molecule has 0 bridgehead atoms. The van der Waals surface area contributed by atoms with Crippen LogP contribution in [0.3, 0.4) is 0 Å². The Bertz CT molecular complexity index is 1020. The molecule has 0 unspecified atom stereocenters. The standard InChI is InChI=1S/C17H11BrClFN2O2/c1-9(21-22-12-3-4-15(20)14(19)8-12)13-7-10-6-11(18)2-5-16(10)24-17(13)23/h2-8,22H,1H3/b21-9+. The molecule has 7 heteroatoms. The van der Waals surface area contributed by atoms with Crippen molar-refractivity contribution in [3.63, 3.8) is 0 Å². The van der Waals surface area contributed by atoms with Crippen LogP contribution in [0.25, 0.3) is 11.0 Å². The van der Waals surface area contributed by atoms with Crippen LogP contribution in [-0.4, -0.2) is 5.71 Å². The number of anilines is 1. The van der Waals surface area contributed by atoms with Gasteiger partial charge in [-0.25, -0.2) is 9.18 Å². The molecular formula is C17H11BrClFN2O2. The van der Waals surface area contributed by atoms with E-state index in [1.165, 1.54) is 18.2 Å². The summed E-state index contributed by atoms with van der Waals surface area (Å²) < 4.78 is 19.3. The lowest BCUT2D eigenvalue weighted by Gasteiger charge is -2.05. The maximum Gasteiger partial charge on any atom is 0.345 e. The van der Waals surface area contributed by atoms with Crippen LogP contribution in [0.4, 0.5) is 10.1 Å². The second kappa shape index (κ2) is 6.75. The summed E-state index contributed by atoms with van der Waals surface area (Å²) in [5.41, 5.74) is 4.04. The molecule has 0 fully saturated rings. The molecule has 0 aliphatic carbocycles. The van der Waals surface area contributed by atoms with Crippen molar-refractivity contribution in [3.05, 3.63) is 73.8 Å². The van der Waals surface area contributed by atoms with E-state index in [9.17, 15) is 9.18 Å². The second-order valence-electron chi connectivity index (χ2n) is 5.07. The molecule has 1 heterocycles. The summed E-state index contributed by atoms with van der Waals surface area (Å²) in [6.07, 6.45) is 0. The van der Waals surface area contributed by atoms with E-state index in [4.69, 9.17) is 16.0 Å². The molecule has 1 aromatic heterocycles. The Morgan fingerprint density at radius 3 is 2.79 bits per heavy atom. The molecule has 2 aromatic carbocycles. The smallest absolute Gasteiger partial charge is 0.345 e. The minimum Gasteiger partial charge on any atom is -0.422 e. The maximum atomic E-state index is 13.1. The van der Waals surface area contributed by atoms with E-state index in [0.29, 0.717) is 22.5 Å². The first kappa shape index (κ1) is 16.7. The Morgan fingerprint density at radius 2 is 2.04 bits per heavy atom. The van der Waals surface area contributed by atoms with E-state index in [-0.39, 0.29) is 5.02 Å². The third-order valence-corrected chi connectivity index (χ3v) is 4.14. The Labute approximate surface area is 150 Å². The molecule has 122 valence electrons. The van der Waals surface area contributed by atoms with Crippen LogP contribution in [0.5, 0.6) is 0 Å². The van der Waals surface area contributed by atoms with E-state index in [0.717, 1.165) is 9.86 Å². The highest BCUT2D eigenvalue weighted by Gasteiger charge is 2.09. The fourth-order valence-corrected chi connectivity index (χ4v) is 2.68. The minimum absolute atomic E-state index is 0.0112. The molecule has 1 N–H and O–H groups in total. The lowest BCUT2D eigenvalue weighted by atomic mass is 10.1. The van der Waals surface area contributed by atoms with Gasteiger partial charge in [0.2, 0.25) is 0 Å². The van der Waals surface area contributed by atoms with Crippen molar-refractivity contribution >= 4 is 49.9 Å². The zero-order valence-corrected chi connectivity index (χ0v) is 14.8. The van der Waals surface area contributed by atoms with E-state index < -0.39 is 11.4 Å². The number of hydrogen-bond donors (Lipinski definition) is 1. The van der Waals surface area contributed by atoms with E-state index in [2.05, 4.69) is 26.5 Å². The van der Waals surface area contributed by atoms with Crippen LogP contribution in [-0.2, 0) is 0 Å². The second-order valence-corrected chi connectivity index (χ2v) is 6.39. The largest absolute Gasteiger partial charge is 0.422 e. The van der Waals surface area contributed by atoms with Crippen LogP contribution in [0.15, 0.2) is 61.3 Å². The first-order valence-electron chi connectivity index (χ1n) is 6.93. The molecule has 0 radical (unpaired) electrons. The third kappa shape index (κ3) is 3.49. The maximum absolute atomic E-state index is 13.1. The molecule has 0 atom stereocenters. The number of fused-ring (bicyclic) bond motifs is 1. The van der Waals surface area contributed by atoms with Crippen molar-refractivity contribution in [1.29, 1.82) is 0 Å². The van der Waals surface area contributed by atoms with Gasteiger partial charge in [0.1, 0.15) is 11.4 Å².